The van der Waals surface area contributed by atoms with Crippen molar-refractivity contribution in [2.24, 2.45) is 0 Å². The van der Waals surface area contributed by atoms with Crippen LogP contribution in [0.5, 0.6) is 0 Å². The Morgan fingerprint density at radius 2 is 1.00 bits per heavy atom. The second-order valence-corrected chi connectivity index (χ2v) is 19.7. The molecule has 104 valence electrons. The summed E-state index contributed by atoms with van der Waals surface area (Å²) < 4.78 is 0. The molecule has 0 aliphatic carbocycles. The molecule has 1 heterocycles. The first-order valence-electron chi connectivity index (χ1n) is 8.11. The topological polar surface area (TPSA) is 0 Å². The predicted octanol–water partition coefficient (Wildman–Crippen LogP) is 5.52. The van der Waals surface area contributed by atoms with Crippen molar-refractivity contribution in [2.45, 2.75) is 89.3 Å². The van der Waals surface area contributed by atoms with Gasteiger partial charge < -0.3 is 0 Å². The number of rotatable bonds is 4. The minimum atomic E-state index is -0.972. The third-order valence-electron chi connectivity index (χ3n) is 5.52. The lowest BCUT2D eigenvalue weighted by molar-refractivity contribution is 0.991. The molecular weight excluding hydrogens is 246 g/mol. The first kappa shape index (κ1) is 16.6. The molecule has 0 bridgehead atoms. The van der Waals surface area contributed by atoms with Gasteiger partial charge in [0, 0.05) is 16.1 Å². The molecule has 0 saturated carbocycles. The summed E-state index contributed by atoms with van der Waals surface area (Å²) in [5.41, 5.74) is 2.17. The molecule has 4 heteroatoms. The smallest absolute Gasteiger partial charge is 0.0802 e. The normalized spacial score (nSPS) is 26.7. The van der Waals surface area contributed by atoms with Crippen molar-refractivity contribution < 1.29 is 0 Å². The minimum absolute atomic E-state index is 0.972. The fourth-order valence-corrected chi connectivity index (χ4v) is 9.98. The third-order valence-corrected chi connectivity index (χ3v) is 11.4. The molecule has 1 aliphatic heterocycles. The van der Waals surface area contributed by atoms with E-state index in [9.17, 15) is 0 Å². The van der Waals surface area contributed by atoms with Gasteiger partial charge in [0.1, 0.15) is 13.4 Å². The van der Waals surface area contributed by atoms with Gasteiger partial charge in [-0.25, -0.2) is 0 Å². The van der Waals surface area contributed by atoms with Crippen molar-refractivity contribution in [2.75, 3.05) is 0 Å². The first-order chi connectivity index (χ1) is 8.11. The fourth-order valence-electron chi connectivity index (χ4n) is 4.39. The largest absolute Gasteiger partial charge is 0.138 e. The van der Waals surface area contributed by atoms with E-state index in [1.54, 1.807) is 12.6 Å². The highest BCUT2D eigenvalue weighted by molar-refractivity contribution is 6.98. The SMILES string of the molecule is CCB1C[C@H]([Si](C)(C)C)B(CC)C[C@H]1[Si](C)(C)C. The van der Waals surface area contributed by atoms with Crippen LogP contribution in [0.1, 0.15) is 13.8 Å². The van der Waals surface area contributed by atoms with E-state index >= 15 is 0 Å². The molecule has 1 saturated heterocycles. The highest BCUT2D eigenvalue weighted by Crippen LogP contribution is 2.47. The van der Waals surface area contributed by atoms with Gasteiger partial charge in [0.2, 0.25) is 0 Å². The van der Waals surface area contributed by atoms with Gasteiger partial charge in [0.05, 0.1) is 0 Å². The molecule has 0 aromatic heterocycles. The Hall–Kier alpha value is 0.564. The Morgan fingerprint density at radius 1 is 0.722 bits per heavy atom. The molecule has 1 rings (SSSR count). The number of hydrogen-bond donors (Lipinski definition) is 0. The van der Waals surface area contributed by atoms with Crippen LogP contribution in [0.25, 0.3) is 0 Å². The zero-order valence-electron chi connectivity index (χ0n) is 14.1. The molecule has 0 radical (unpaired) electrons. The van der Waals surface area contributed by atoms with Crippen molar-refractivity contribution in [3.05, 3.63) is 0 Å². The maximum Gasteiger partial charge on any atom is 0.138 e. The zero-order chi connectivity index (χ0) is 14.1. The molecule has 0 N–H and O–H groups in total. The molecule has 0 nitrogen and oxygen atoms in total. The van der Waals surface area contributed by atoms with Gasteiger partial charge in [-0.1, -0.05) is 89.3 Å². The van der Waals surface area contributed by atoms with Crippen molar-refractivity contribution >= 4 is 29.6 Å². The molecular formula is C14H34B2Si2. The Balaban J connectivity index is 2.93. The quantitative estimate of drug-likeness (QED) is 0.594. The van der Waals surface area contributed by atoms with Crippen LogP contribution in [0.4, 0.5) is 0 Å². The molecule has 1 aliphatic rings. The van der Waals surface area contributed by atoms with Crippen molar-refractivity contribution in [1.29, 1.82) is 0 Å². The molecule has 0 unspecified atom stereocenters. The minimum Gasteiger partial charge on any atom is -0.0802 e. The Kier molecular flexibility index (Phi) is 5.45. The molecule has 2 atom stereocenters. The lowest BCUT2D eigenvalue weighted by atomic mass is 9.25. The maximum absolute atomic E-state index is 2.60. The van der Waals surface area contributed by atoms with Gasteiger partial charge in [0.15, 0.2) is 0 Å². The highest BCUT2D eigenvalue weighted by Gasteiger charge is 2.47. The van der Waals surface area contributed by atoms with E-state index in [2.05, 4.69) is 53.1 Å². The van der Waals surface area contributed by atoms with Gasteiger partial charge in [-0.15, -0.1) is 0 Å². The van der Waals surface area contributed by atoms with Crippen molar-refractivity contribution in [3.63, 3.8) is 0 Å². The predicted molar refractivity (Wildman–Crippen MR) is 96.3 cm³/mol. The van der Waals surface area contributed by atoms with E-state index < -0.39 is 16.1 Å². The summed E-state index contributed by atoms with van der Waals surface area (Å²) in [6.45, 7) is 22.5. The summed E-state index contributed by atoms with van der Waals surface area (Å²) in [5.74, 6) is 0. The third kappa shape index (κ3) is 3.78. The van der Waals surface area contributed by atoms with E-state index in [4.69, 9.17) is 0 Å². The van der Waals surface area contributed by atoms with Gasteiger partial charge in [-0.3, -0.25) is 0 Å². The van der Waals surface area contributed by atoms with E-state index in [0.29, 0.717) is 0 Å². The highest BCUT2D eigenvalue weighted by atomic mass is 28.3. The van der Waals surface area contributed by atoms with Crippen LogP contribution in [0, 0.1) is 0 Å². The van der Waals surface area contributed by atoms with Crippen LogP contribution in [-0.2, 0) is 0 Å². The average Bonchev–Trinajstić information content (AvgIpc) is 2.24. The second-order valence-electron chi connectivity index (χ2n) is 8.75. The van der Waals surface area contributed by atoms with Crippen LogP contribution in [-0.4, -0.2) is 29.6 Å². The van der Waals surface area contributed by atoms with Crippen LogP contribution in [0.15, 0.2) is 0 Å². The monoisotopic (exact) mass is 280 g/mol. The van der Waals surface area contributed by atoms with Crippen LogP contribution in [0.3, 0.4) is 0 Å². The zero-order valence-corrected chi connectivity index (χ0v) is 16.1. The van der Waals surface area contributed by atoms with E-state index in [-0.39, 0.29) is 0 Å². The second kappa shape index (κ2) is 5.91. The Labute approximate surface area is 119 Å². The molecule has 0 amide bonds. The van der Waals surface area contributed by atoms with E-state index in [1.807, 2.05) is 0 Å². The lowest BCUT2D eigenvalue weighted by Gasteiger charge is -2.47. The van der Waals surface area contributed by atoms with Gasteiger partial charge in [-0.05, 0) is 0 Å². The van der Waals surface area contributed by atoms with Gasteiger partial charge in [-0.2, -0.15) is 0 Å². The van der Waals surface area contributed by atoms with Gasteiger partial charge in [0.25, 0.3) is 0 Å². The van der Waals surface area contributed by atoms with Crippen molar-refractivity contribution in [3.8, 4) is 0 Å². The van der Waals surface area contributed by atoms with Gasteiger partial charge >= 0.3 is 0 Å². The average molecular weight is 280 g/mol. The Bertz CT molecular complexity index is 240. The standard InChI is InChI=1S/C14H34B2Si2/c1-9-15-11-14(18(6,7)8)16(10-2)12-13(15)17(3,4)5/h13-14H,9-12H2,1-8H3/t13-,14+. The summed E-state index contributed by atoms with van der Waals surface area (Å²) in [7, 11) is -1.94. The first-order valence-corrected chi connectivity index (χ1v) is 15.3. The summed E-state index contributed by atoms with van der Waals surface area (Å²) >= 11 is 0. The summed E-state index contributed by atoms with van der Waals surface area (Å²) in [6.07, 6.45) is 5.96. The van der Waals surface area contributed by atoms with Crippen molar-refractivity contribution in [1.82, 2.24) is 0 Å². The van der Waals surface area contributed by atoms with E-state index in [1.165, 1.54) is 12.6 Å². The van der Waals surface area contributed by atoms with Crippen LogP contribution in [0.2, 0.25) is 75.4 Å². The molecule has 18 heavy (non-hydrogen) atoms. The summed E-state index contributed by atoms with van der Waals surface area (Å²) in [6, 6.07) is 0. The van der Waals surface area contributed by atoms with Crippen LogP contribution < -0.4 is 0 Å². The molecule has 0 spiro atoms. The number of hydrogen-bond acceptors (Lipinski definition) is 0. The molecule has 0 aromatic rings. The summed E-state index contributed by atoms with van der Waals surface area (Å²) in [4.78, 5) is 0. The van der Waals surface area contributed by atoms with Crippen LogP contribution >= 0.6 is 0 Å². The fraction of sp³-hybridized carbons (Fsp3) is 1.00. The Morgan fingerprint density at radius 3 is 1.17 bits per heavy atom. The lowest BCUT2D eigenvalue weighted by Crippen LogP contribution is -2.51. The summed E-state index contributed by atoms with van der Waals surface area (Å²) in [5, 5.41) is 0. The molecule has 0 aromatic carbocycles. The van der Waals surface area contributed by atoms with E-state index in [0.717, 1.165) is 24.3 Å². The maximum atomic E-state index is 2.60. The molecule has 1 fully saturated rings.